The normalized spacial score (nSPS) is 27.7. The third-order valence-corrected chi connectivity index (χ3v) is 5.85. The fraction of sp³-hybridized carbons (Fsp3) is 0.714. The lowest BCUT2D eigenvalue weighted by molar-refractivity contribution is 0.0514. The summed E-state index contributed by atoms with van der Waals surface area (Å²) in [6.45, 7) is 11.8. The lowest BCUT2D eigenvalue weighted by Crippen LogP contribution is -2.50. The predicted octanol–water partition coefficient (Wildman–Crippen LogP) is 3.03. The van der Waals surface area contributed by atoms with Crippen LogP contribution in [0, 0.1) is 19.8 Å². The van der Waals surface area contributed by atoms with Crippen LogP contribution in [0.25, 0.3) is 0 Å². The van der Waals surface area contributed by atoms with Crippen LogP contribution in [0.5, 0.6) is 5.75 Å². The van der Waals surface area contributed by atoms with Gasteiger partial charge in [-0.25, -0.2) is 0 Å². The molecule has 2 heterocycles. The molecule has 0 unspecified atom stereocenters. The van der Waals surface area contributed by atoms with Crippen molar-refractivity contribution in [3.8, 4) is 5.75 Å². The summed E-state index contributed by atoms with van der Waals surface area (Å²) in [5.74, 6) is 1.11. The topological polar surface area (TPSA) is 44.7 Å². The number of nitrogens with one attached hydrogen (secondary N) is 1. The van der Waals surface area contributed by atoms with Crippen LogP contribution in [0.3, 0.4) is 0 Å². The zero-order valence-corrected chi connectivity index (χ0v) is 16.1. The molecule has 2 aliphatic heterocycles. The summed E-state index contributed by atoms with van der Waals surface area (Å²) < 4.78 is 5.78. The first kappa shape index (κ1) is 18.7. The third-order valence-electron chi connectivity index (χ3n) is 5.85. The standard InChI is InChI=1S/C21H34N2O2/c1-15-11-18(12-16(2)21(15)24)6-8-22-20-7-9-23(13-17(20)3)14-19-5-4-10-25-19/h11-12,17,19-20,22,24H,4-10,13-14H2,1-3H3/t17-,19-,20-/m1/s1. The van der Waals surface area contributed by atoms with Gasteiger partial charge in [0.15, 0.2) is 0 Å². The second-order valence-corrected chi connectivity index (χ2v) is 8.05. The van der Waals surface area contributed by atoms with E-state index in [1.165, 1.54) is 37.9 Å². The highest BCUT2D eigenvalue weighted by molar-refractivity contribution is 5.42. The summed E-state index contributed by atoms with van der Waals surface area (Å²) in [6.07, 6.45) is 5.18. The number of phenols is 1. The number of aromatic hydroxyl groups is 1. The molecule has 140 valence electrons. The van der Waals surface area contributed by atoms with Gasteiger partial charge in [-0.2, -0.15) is 0 Å². The Hall–Kier alpha value is -1.10. The first-order chi connectivity index (χ1) is 12.0. The van der Waals surface area contributed by atoms with E-state index in [-0.39, 0.29) is 0 Å². The molecule has 0 bridgehead atoms. The van der Waals surface area contributed by atoms with Gasteiger partial charge in [-0.05, 0) is 75.2 Å². The van der Waals surface area contributed by atoms with Crippen LogP contribution in [0.2, 0.25) is 0 Å². The lowest BCUT2D eigenvalue weighted by Gasteiger charge is -2.38. The van der Waals surface area contributed by atoms with Gasteiger partial charge in [-0.15, -0.1) is 0 Å². The maximum Gasteiger partial charge on any atom is 0.121 e. The van der Waals surface area contributed by atoms with Crippen LogP contribution in [-0.2, 0) is 11.2 Å². The summed E-state index contributed by atoms with van der Waals surface area (Å²) in [4.78, 5) is 2.59. The van der Waals surface area contributed by atoms with Gasteiger partial charge in [-0.1, -0.05) is 19.1 Å². The van der Waals surface area contributed by atoms with Crippen LogP contribution in [-0.4, -0.2) is 54.9 Å². The van der Waals surface area contributed by atoms with Crippen LogP contribution >= 0.6 is 0 Å². The fourth-order valence-corrected chi connectivity index (χ4v) is 4.37. The van der Waals surface area contributed by atoms with Crippen LogP contribution in [0.4, 0.5) is 0 Å². The molecule has 0 spiro atoms. The van der Waals surface area contributed by atoms with Gasteiger partial charge in [0.2, 0.25) is 0 Å². The van der Waals surface area contributed by atoms with E-state index in [1.54, 1.807) is 0 Å². The molecule has 1 aromatic rings. The van der Waals surface area contributed by atoms with Crippen molar-refractivity contribution in [2.24, 2.45) is 5.92 Å². The van der Waals surface area contributed by atoms with E-state index in [1.807, 2.05) is 13.8 Å². The average Bonchev–Trinajstić information content (AvgIpc) is 3.07. The summed E-state index contributed by atoms with van der Waals surface area (Å²) in [6, 6.07) is 4.83. The fourth-order valence-electron chi connectivity index (χ4n) is 4.37. The Morgan fingerprint density at radius 3 is 2.64 bits per heavy atom. The number of rotatable bonds is 6. The quantitative estimate of drug-likeness (QED) is 0.831. The minimum Gasteiger partial charge on any atom is -0.507 e. The average molecular weight is 347 g/mol. The molecular formula is C21H34N2O2. The van der Waals surface area contributed by atoms with Gasteiger partial charge in [0, 0.05) is 25.7 Å². The molecule has 1 aromatic carbocycles. The number of benzene rings is 1. The molecule has 3 atom stereocenters. The SMILES string of the molecule is Cc1cc(CCN[C@@H]2CCN(C[C@H]3CCCO3)C[C@H]2C)cc(C)c1O. The monoisotopic (exact) mass is 346 g/mol. The van der Waals surface area contributed by atoms with E-state index in [0.29, 0.717) is 23.8 Å². The molecule has 0 amide bonds. The van der Waals surface area contributed by atoms with Gasteiger partial charge in [-0.3, -0.25) is 0 Å². The smallest absolute Gasteiger partial charge is 0.121 e. The molecule has 2 fully saturated rings. The molecule has 2 aliphatic rings. The van der Waals surface area contributed by atoms with Crippen molar-refractivity contribution in [2.45, 2.75) is 58.6 Å². The summed E-state index contributed by atoms with van der Waals surface area (Å²) >= 11 is 0. The summed E-state index contributed by atoms with van der Waals surface area (Å²) in [7, 11) is 0. The van der Waals surface area contributed by atoms with Crippen molar-refractivity contribution in [1.29, 1.82) is 0 Å². The van der Waals surface area contributed by atoms with Crippen molar-refractivity contribution >= 4 is 0 Å². The number of aryl methyl sites for hydroxylation is 2. The van der Waals surface area contributed by atoms with E-state index in [0.717, 1.165) is 37.2 Å². The largest absolute Gasteiger partial charge is 0.507 e. The number of nitrogens with zero attached hydrogens (tertiary/aromatic N) is 1. The second kappa shape index (κ2) is 8.52. The molecule has 0 aromatic heterocycles. The van der Waals surface area contributed by atoms with Gasteiger partial charge in [0.1, 0.15) is 5.75 Å². The molecule has 4 nitrogen and oxygen atoms in total. The number of piperidine rings is 1. The maximum absolute atomic E-state index is 9.89. The minimum absolute atomic E-state index is 0.434. The van der Waals surface area contributed by atoms with Gasteiger partial charge < -0.3 is 20.1 Å². The van der Waals surface area contributed by atoms with Crippen molar-refractivity contribution < 1.29 is 9.84 Å². The van der Waals surface area contributed by atoms with E-state index >= 15 is 0 Å². The second-order valence-electron chi connectivity index (χ2n) is 8.05. The van der Waals surface area contributed by atoms with Crippen LogP contribution in [0.1, 0.15) is 42.9 Å². The molecule has 0 saturated carbocycles. The van der Waals surface area contributed by atoms with Crippen LogP contribution in [0.15, 0.2) is 12.1 Å². The van der Waals surface area contributed by atoms with Gasteiger partial charge in [0.05, 0.1) is 6.10 Å². The molecule has 0 aliphatic carbocycles. The van der Waals surface area contributed by atoms with Crippen molar-refractivity contribution in [1.82, 2.24) is 10.2 Å². The maximum atomic E-state index is 9.89. The molecule has 25 heavy (non-hydrogen) atoms. The minimum atomic E-state index is 0.434. The third kappa shape index (κ3) is 4.96. The Kier molecular flexibility index (Phi) is 6.37. The molecule has 2 saturated heterocycles. The first-order valence-corrected chi connectivity index (χ1v) is 9.89. The van der Waals surface area contributed by atoms with E-state index in [9.17, 15) is 5.11 Å². The highest BCUT2D eigenvalue weighted by Gasteiger charge is 2.28. The number of hydrogen-bond donors (Lipinski definition) is 2. The van der Waals surface area contributed by atoms with Crippen molar-refractivity contribution in [3.63, 3.8) is 0 Å². The van der Waals surface area contributed by atoms with Crippen molar-refractivity contribution in [3.05, 3.63) is 28.8 Å². The molecular weight excluding hydrogens is 312 g/mol. The highest BCUT2D eigenvalue weighted by Crippen LogP contribution is 2.23. The predicted molar refractivity (Wildman–Crippen MR) is 102 cm³/mol. The highest BCUT2D eigenvalue weighted by atomic mass is 16.5. The molecule has 4 heteroatoms. The van der Waals surface area contributed by atoms with Gasteiger partial charge >= 0.3 is 0 Å². The van der Waals surface area contributed by atoms with Crippen molar-refractivity contribution in [2.75, 3.05) is 32.8 Å². The summed E-state index contributed by atoms with van der Waals surface area (Å²) in [5.41, 5.74) is 3.26. The Bertz CT molecular complexity index is 546. The number of phenolic OH excluding ortho intramolecular Hbond substituents is 1. The Balaban J connectivity index is 1.42. The zero-order valence-electron chi connectivity index (χ0n) is 16.1. The van der Waals surface area contributed by atoms with E-state index < -0.39 is 0 Å². The number of likely N-dealkylation sites (tertiary alicyclic amines) is 1. The van der Waals surface area contributed by atoms with Gasteiger partial charge in [0.25, 0.3) is 0 Å². The summed E-state index contributed by atoms with van der Waals surface area (Å²) in [5, 5.41) is 13.7. The zero-order chi connectivity index (χ0) is 17.8. The Morgan fingerprint density at radius 2 is 2.00 bits per heavy atom. The Morgan fingerprint density at radius 1 is 1.24 bits per heavy atom. The molecule has 0 radical (unpaired) electrons. The van der Waals surface area contributed by atoms with Crippen LogP contribution < -0.4 is 5.32 Å². The first-order valence-electron chi connectivity index (χ1n) is 9.89. The van der Waals surface area contributed by atoms with E-state index in [4.69, 9.17) is 4.74 Å². The van der Waals surface area contributed by atoms with E-state index in [2.05, 4.69) is 29.3 Å². The number of ether oxygens (including phenoxy) is 1. The molecule has 3 rings (SSSR count). The number of hydrogen-bond acceptors (Lipinski definition) is 4. The lowest BCUT2D eigenvalue weighted by atomic mass is 9.93. The molecule has 2 N–H and O–H groups in total. The Labute approximate surface area is 152 Å².